The number of carboxylic acid groups (broad SMARTS) is 1. The molecular formula is C6H10F2O4S2. The lowest BCUT2D eigenvalue weighted by molar-refractivity contribution is -0.161. The summed E-state index contributed by atoms with van der Waals surface area (Å²) < 4.78 is 45.9. The molecule has 84 valence electrons. The number of carboxylic acids is 1. The minimum atomic E-state index is -3.79. The van der Waals surface area contributed by atoms with Crippen molar-refractivity contribution in [3.8, 4) is 0 Å². The third kappa shape index (κ3) is 6.14. The van der Waals surface area contributed by atoms with Crippen LogP contribution in [0.15, 0.2) is 0 Å². The normalized spacial score (nSPS) is 12.8. The molecule has 0 atom stereocenters. The molecule has 0 aliphatic rings. The fraction of sp³-hybridized carbons (Fsp3) is 0.833. The Morgan fingerprint density at radius 3 is 2.36 bits per heavy atom. The number of hydrogen-bond donors (Lipinski definition) is 1. The average Bonchev–Trinajstić information content (AvgIpc) is 1.96. The van der Waals surface area contributed by atoms with Gasteiger partial charge in [0.2, 0.25) is 0 Å². The Kier molecular flexibility index (Phi) is 4.79. The highest BCUT2D eigenvalue weighted by atomic mass is 32.2. The lowest BCUT2D eigenvalue weighted by Crippen LogP contribution is -2.31. The lowest BCUT2D eigenvalue weighted by atomic mass is 10.4. The molecule has 0 rings (SSSR count). The monoisotopic (exact) mass is 248 g/mol. The zero-order chi connectivity index (χ0) is 11.4. The van der Waals surface area contributed by atoms with Crippen LogP contribution >= 0.6 is 11.8 Å². The van der Waals surface area contributed by atoms with E-state index >= 15 is 0 Å². The van der Waals surface area contributed by atoms with Gasteiger partial charge >= 0.3 is 11.9 Å². The molecule has 0 fully saturated rings. The van der Waals surface area contributed by atoms with E-state index in [0.717, 1.165) is 6.26 Å². The Morgan fingerprint density at radius 2 is 2.00 bits per heavy atom. The molecule has 0 spiro atoms. The van der Waals surface area contributed by atoms with Gasteiger partial charge in [0.1, 0.15) is 9.84 Å². The maximum atomic E-state index is 12.4. The van der Waals surface area contributed by atoms with Crippen molar-refractivity contribution in [2.24, 2.45) is 0 Å². The van der Waals surface area contributed by atoms with Crippen molar-refractivity contribution >= 4 is 27.6 Å². The smallest absolute Gasteiger partial charge is 0.375 e. The number of hydrogen-bond acceptors (Lipinski definition) is 4. The number of thioether (sulfide) groups is 1. The van der Waals surface area contributed by atoms with Crippen LogP contribution in [0.1, 0.15) is 0 Å². The van der Waals surface area contributed by atoms with E-state index in [1.807, 2.05) is 0 Å². The second kappa shape index (κ2) is 4.92. The Hall–Kier alpha value is -0.370. The van der Waals surface area contributed by atoms with Crippen molar-refractivity contribution in [3.63, 3.8) is 0 Å². The van der Waals surface area contributed by atoms with E-state index in [4.69, 9.17) is 5.11 Å². The Bertz CT molecular complexity index is 299. The first kappa shape index (κ1) is 13.6. The van der Waals surface area contributed by atoms with Gasteiger partial charge in [0.05, 0.1) is 11.5 Å². The maximum absolute atomic E-state index is 12.4. The van der Waals surface area contributed by atoms with E-state index in [9.17, 15) is 22.0 Å². The van der Waals surface area contributed by atoms with E-state index in [-0.39, 0.29) is 11.5 Å². The average molecular weight is 248 g/mol. The van der Waals surface area contributed by atoms with Crippen molar-refractivity contribution in [2.75, 3.05) is 23.5 Å². The lowest BCUT2D eigenvalue weighted by Gasteiger charge is -2.09. The summed E-state index contributed by atoms with van der Waals surface area (Å²) in [6, 6.07) is 0. The SMILES string of the molecule is CS(=O)(=O)CCSCC(F)(F)C(=O)O. The van der Waals surface area contributed by atoms with Crippen LogP contribution in [0.3, 0.4) is 0 Å². The fourth-order valence-corrected chi connectivity index (χ4v) is 2.68. The van der Waals surface area contributed by atoms with Crippen LogP contribution < -0.4 is 0 Å². The number of rotatable bonds is 6. The minimum absolute atomic E-state index is 0.0261. The van der Waals surface area contributed by atoms with Crippen LogP contribution in [0.2, 0.25) is 0 Å². The molecule has 0 aromatic carbocycles. The number of aliphatic carboxylic acids is 1. The molecule has 1 N–H and O–H groups in total. The maximum Gasteiger partial charge on any atom is 0.375 e. The fourth-order valence-electron chi connectivity index (χ4n) is 0.472. The van der Waals surface area contributed by atoms with Crippen LogP contribution in [0, 0.1) is 0 Å². The molecule has 0 heterocycles. The van der Waals surface area contributed by atoms with E-state index in [1.54, 1.807) is 0 Å². The minimum Gasteiger partial charge on any atom is -0.477 e. The quantitative estimate of drug-likeness (QED) is 0.692. The van der Waals surface area contributed by atoms with E-state index < -0.39 is 27.5 Å². The number of halogens is 2. The van der Waals surface area contributed by atoms with Crippen molar-refractivity contribution in [3.05, 3.63) is 0 Å². The zero-order valence-corrected chi connectivity index (χ0v) is 9.00. The molecule has 8 heteroatoms. The van der Waals surface area contributed by atoms with Gasteiger partial charge in [-0.25, -0.2) is 13.2 Å². The second-order valence-corrected chi connectivity index (χ2v) is 6.06. The van der Waals surface area contributed by atoms with E-state index in [0.29, 0.717) is 11.8 Å². The molecule has 0 aromatic heterocycles. The van der Waals surface area contributed by atoms with Crippen LogP contribution in [0.4, 0.5) is 8.78 Å². The van der Waals surface area contributed by atoms with Gasteiger partial charge in [-0.15, -0.1) is 0 Å². The predicted molar refractivity (Wildman–Crippen MR) is 49.6 cm³/mol. The summed E-state index contributed by atoms with van der Waals surface area (Å²) in [7, 11) is -3.18. The Morgan fingerprint density at radius 1 is 1.50 bits per heavy atom. The third-order valence-corrected chi connectivity index (χ3v) is 3.46. The molecule has 0 bridgehead atoms. The molecule has 0 radical (unpaired) electrons. The first-order valence-corrected chi connectivity index (χ1v) is 6.73. The van der Waals surface area contributed by atoms with Gasteiger partial charge in [0.15, 0.2) is 0 Å². The second-order valence-electron chi connectivity index (χ2n) is 2.69. The van der Waals surface area contributed by atoms with Gasteiger partial charge in [0.25, 0.3) is 0 Å². The van der Waals surface area contributed by atoms with Crippen LogP contribution in [0.25, 0.3) is 0 Å². The highest BCUT2D eigenvalue weighted by Crippen LogP contribution is 2.20. The molecule has 0 saturated carbocycles. The third-order valence-electron chi connectivity index (χ3n) is 1.19. The number of carbonyl (C=O) groups is 1. The summed E-state index contributed by atoms with van der Waals surface area (Å²) in [6.07, 6.45) is 0.989. The summed E-state index contributed by atoms with van der Waals surface area (Å²) in [6.45, 7) is 0. The molecular weight excluding hydrogens is 238 g/mol. The van der Waals surface area contributed by atoms with Crippen molar-refractivity contribution in [1.29, 1.82) is 0 Å². The Labute approximate surface area is 84.6 Å². The number of sulfone groups is 1. The molecule has 0 aromatic rings. The highest BCUT2D eigenvalue weighted by Gasteiger charge is 2.38. The largest absolute Gasteiger partial charge is 0.477 e. The summed E-state index contributed by atoms with van der Waals surface area (Å²) in [4.78, 5) is 9.93. The summed E-state index contributed by atoms with van der Waals surface area (Å²) in [5.74, 6) is -7.14. The molecule has 0 aliphatic carbocycles. The number of alkyl halides is 2. The van der Waals surface area contributed by atoms with Gasteiger partial charge in [-0.2, -0.15) is 20.5 Å². The van der Waals surface area contributed by atoms with Gasteiger partial charge in [-0.05, 0) is 0 Å². The summed E-state index contributed by atoms with van der Waals surface area (Å²) in [5.41, 5.74) is 0. The van der Waals surface area contributed by atoms with E-state index in [2.05, 4.69) is 0 Å². The first-order chi connectivity index (χ1) is 6.15. The van der Waals surface area contributed by atoms with Gasteiger partial charge in [-0.1, -0.05) is 0 Å². The van der Waals surface area contributed by atoms with Crippen molar-refractivity contribution in [1.82, 2.24) is 0 Å². The molecule has 4 nitrogen and oxygen atoms in total. The van der Waals surface area contributed by atoms with Crippen LogP contribution in [0.5, 0.6) is 0 Å². The summed E-state index contributed by atoms with van der Waals surface area (Å²) >= 11 is 0.605. The van der Waals surface area contributed by atoms with Crippen LogP contribution in [-0.4, -0.2) is 48.9 Å². The molecule has 0 amide bonds. The molecule has 14 heavy (non-hydrogen) atoms. The molecule has 0 aliphatic heterocycles. The van der Waals surface area contributed by atoms with E-state index in [1.165, 1.54) is 0 Å². The first-order valence-electron chi connectivity index (χ1n) is 3.52. The predicted octanol–water partition coefficient (Wildman–Crippen LogP) is 0.484. The topological polar surface area (TPSA) is 71.4 Å². The summed E-state index contributed by atoms with van der Waals surface area (Å²) in [5, 5.41) is 8.02. The van der Waals surface area contributed by atoms with Crippen LogP contribution in [-0.2, 0) is 14.6 Å². The molecule has 0 saturated heterocycles. The van der Waals surface area contributed by atoms with Gasteiger partial charge < -0.3 is 5.11 Å². The Balaban J connectivity index is 3.81. The highest BCUT2D eigenvalue weighted by molar-refractivity contribution is 8.00. The van der Waals surface area contributed by atoms with Gasteiger partial charge in [-0.3, -0.25) is 0 Å². The standard InChI is InChI=1S/C6H10F2O4S2/c1-14(11,12)3-2-13-4-6(7,8)5(9)10/h2-4H2,1H3,(H,9,10). The van der Waals surface area contributed by atoms with Crippen molar-refractivity contribution in [2.45, 2.75) is 5.92 Å². The zero-order valence-electron chi connectivity index (χ0n) is 7.37. The molecule has 0 unspecified atom stereocenters. The van der Waals surface area contributed by atoms with Gasteiger partial charge in [0, 0.05) is 12.0 Å². The van der Waals surface area contributed by atoms with Crippen molar-refractivity contribution < 1.29 is 27.1 Å².